The van der Waals surface area contributed by atoms with Crippen LogP contribution in [0.25, 0.3) is 16.7 Å². The van der Waals surface area contributed by atoms with E-state index in [1.54, 1.807) is 0 Å². The number of nitrogens with two attached hydrogens (primary N) is 1. The van der Waals surface area contributed by atoms with Crippen molar-refractivity contribution >= 4 is 22.4 Å². The van der Waals surface area contributed by atoms with Gasteiger partial charge in [-0.05, 0) is 97.7 Å². The molecule has 2 aromatic rings. The molecule has 1 nitrogen and oxygen atoms in total. The molecule has 0 fully saturated rings. The quantitative estimate of drug-likeness (QED) is 0.398. The fourth-order valence-corrected chi connectivity index (χ4v) is 3.46. The second-order valence-corrected chi connectivity index (χ2v) is 7.83. The first-order valence-corrected chi connectivity index (χ1v) is 9.98. The molecule has 0 amide bonds. The number of rotatable bonds is 6. The van der Waals surface area contributed by atoms with Crippen LogP contribution in [0.15, 0.2) is 78.9 Å². The lowest BCUT2D eigenvalue weighted by molar-refractivity contribution is 1.35. The standard InChI is InChI=1S/C28H33N/c1-9-10-27(25-12-11-19(4)28(29)17-25)23(8)20(5)15-21(6)26-14-13-24(18(2)3)16-22(26)7/h9-17H,1-2,29H2,3-8H3/b21-15+,23-20+,27-10+. The normalized spacial score (nSPS) is 13.2. The van der Waals surface area contributed by atoms with Gasteiger partial charge in [0.15, 0.2) is 0 Å². The van der Waals surface area contributed by atoms with Crippen LogP contribution in [0.3, 0.4) is 0 Å². The van der Waals surface area contributed by atoms with Gasteiger partial charge in [-0.1, -0.05) is 67.3 Å². The minimum atomic E-state index is 0.808. The molecule has 2 aromatic carbocycles. The number of benzene rings is 2. The van der Waals surface area contributed by atoms with Crippen molar-refractivity contribution in [1.29, 1.82) is 0 Å². The number of aryl methyl sites for hydroxylation is 2. The summed E-state index contributed by atoms with van der Waals surface area (Å²) in [6.07, 6.45) is 6.14. The Bertz CT molecular complexity index is 1040. The fourth-order valence-electron chi connectivity index (χ4n) is 3.46. The van der Waals surface area contributed by atoms with Gasteiger partial charge in [-0.3, -0.25) is 0 Å². The predicted octanol–water partition coefficient (Wildman–Crippen LogP) is 7.93. The average molecular weight is 384 g/mol. The molecule has 0 saturated heterocycles. The summed E-state index contributed by atoms with van der Waals surface area (Å²) in [5.41, 5.74) is 18.8. The Labute approximate surface area is 176 Å². The fraction of sp³-hybridized carbons (Fsp3) is 0.214. The van der Waals surface area contributed by atoms with Crippen molar-refractivity contribution in [3.05, 3.63) is 107 Å². The van der Waals surface area contributed by atoms with Crippen molar-refractivity contribution in [2.45, 2.75) is 41.5 Å². The van der Waals surface area contributed by atoms with Gasteiger partial charge in [0.05, 0.1) is 0 Å². The largest absolute Gasteiger partial charge is 0.398 e. The number of hydrogen-bond acceptors (Lipinski definition) is 1. The van der Waals surface area contributed by atoms with Crippen molar-refractivity contribution in [3.63, 3.8) is 0 Å². The van der Waals surface area contributed by atoms with Crippen LogP contribution in [0.5, 0.6) is 0 Å². The molecule has 1 heteroatoms. The van der Waals surface area contributed by atoms with Crippen molar-refractivity contribution in [2.24, 2.45) is 0 Å². The third-order valence-electron chi connectivity index (χ3n) is 5.45. The molecule has 0 aromatic heterocycles. The molecule has 29 heavy (non-hydrogen) atoms. The zero-order valence-corrected chi connectivity index (χ0v) is 18.7. The molecule has 0 heterocycles. The lowest BCUT2D eigenvalue weighted by Crippen LogP contribution is -1.95. The van der Waals surface area contributed by atoms with Crippen molar-refractivity contribution in [3.8, 4) is 0 Å². The van der Waals surface area contributed by atoms with Gasteiger partial charge in [0.1, 0.15) is 0 Å². The van der Waals surface area contributed by atoms with E-state index in [0.717, 1.165) is 28.0 Å². The third-order valence-corrected chi connectivity index (χ3v) is 5.45. The molecule has 2 rings (SSSR count). The maximum atomic E-state index is 6.15. The Morgan fingerprint density at radius 1 is 0.897 bits per heavy atom. The molecule has 2 N–H and O–H groups in total. The van der Waals surface area contributed by atoms with Crippen molar-refractivity contribution in [1.82, 2.24) is 0 Å². The summed E-state index contributed by atoms with van der Waals surface area (Å²) in [5, 5.41) is 0. The van der Waals surface area contributed by atoms with Gasteiger partial charge in [0, 0.05) is 5.69 Å². The van der Waals surface area contributed by atoms with Gasteiger partial charge in [0.2, 0.25) is 0 Å². The molecular formula is C28H33N. The topological polar surface area (TPSA) is 26.0 Å². The molecule has 0 spiro atoms. The SMILES string of the molecule is C=C\C=C(/C(C)=C(C)/C=C(\C)c1ccc(C(=C)C)cc1C)c1ccc(C)c(N)c1. The lowest BCUT2D eigenvalue weighted by atomic mass is 9.91. The molecular weight excluding hydrogens is 350 g/mol. The molecule has 0 atom stereocenters. The molecule has 0 radical (unpaired) electrons. The highest BCUT2D eigenvalue weighted by Gasteiger charge is 2.09. The smallest absolute Gasteiger partial charge is 0.0349 e. The number of anilines is 1. The monoisotopic (exact) mass is 383 g/mol. The van der Waals surface area contributed by atoms with Gasteiger partial charge in [-0.2, -0.15) is 0 Å². The highest BCUT2D eigenvalue weighted by atomic mass is 14.6. The van der Waals surface area contributed by atoms with E-state index in [-0.39, 0.29) is 0 Å². The van der Waals surface area contributed by atoms with Crippen molar-refractivity contribution in [2.75, 3.05) is 5.73 Å². The Hall–Kier alpha value is -3.06. The minimum Gasteiger partial charge on any atom is -0.398 e. The first-order chi connectivity index (χ1) is 13.6. The van der Waals surface area contributed by atoms with Crippen LogP contribution in [0.1, 0.15) is 55.5 Å². The van der Waals surface area contributed by atoms with E-state index in [2.05, 4.69) is 83.3 Å². The van der Waals surface area contributed by atoms with Crippen LogP contribution in [0.4, 0.5) is 5.69 Å². The van der Waals surface area contributed by atoms with Crippen molar-refractivity contribution < 1.29 is 0 Å². The summed E-state index contributed by atoms with van der Waals surface area (Å²) in [6, 6.07) is 12.8. The number of hydrogen-bond donors (Lipinski definition) is 1. The zero-order valence-electron chi connectivity index (χ0n) is 18.7. The summed E-state index contributed by atoms with van der Waals surface area (Å²) in [7, 11) is 0. The molecule has 0 bridgehead atoms. The minimum absolute atomic E-state index is 0.808. The first kappa shape index (κ1) is 22.2. The molecule has 0 saturated carbocycles. The number of allylic oxidation sites excluding steroid dienone is 8. The Morgan fingerprint density at radius 3 is 2.10 bits per heavy atom. The molecule has 0 unspecified atom stereocenters. The summed E-state index contributed by atoms with van der Waals surface area (Å²) in [6.45, 7) is 20.6. The maximum absolute atomic E-state index is 6.15. The number of nitrogen functional groups attached to an aromatic ring is 1. The van der Waals surface area contributed by atoms with E-state index < -0.39 is 0 Å². The summed E-state index contributed by atoms with van der Waals surface area (Å²) >= 11 is 0. The van der Waals surface area contributed by atoms with Crippen LogP contribution in [0.2, 0.25) is 0 Å². The second kappa shape index (κ2) is 9.43. The summed E-state index contributed by atoms with van der Waals surface area (Å²) in [5.74, 6) is 0. The van der Waals surface area contributed by atoms with E-state index in [0.29, 0.717) is 0 Å². The Balaban J connectivity index is 2.49. The highest BCUT2D eigenvalue weighted by molar-refractivity contribution is 5.83. The van der Waals surface area contributed by atoms with Crippen LogP contribution >= 0.6 is 0 Å². The van der Waals surface area contributed by atoms with Crippen LogP contribution < -0.4 is 5.73 Å². The average Bonchev–Trinajstić information content (AvgIpc) is 2.67. The van der Waals surface area contributed by atoms with E-state index in [9.17, 15) is 0 Å². The van der Waals surface area contributed by atoms with Gasteiger partial charge in [0.25, 0.3) is 0 Å². The van der Waals surface area contributed by atoms with E-state index in [1.165, 1.54) is 33.4 Å². The predicted molar refractivity (Wildman–Crippen MR) is 132 cm³/mol. The van der Waals surface area contributed by atoms with E-state index in [1.807, 2.05) is 26.0 Å². The lowest BCUT2D eigenvalue weighted by Gasteiger charge is -2.14. The van der Waals surface area contributed by atoms with Crippen LogP contribution in [0, 0.1) is 13.8 Å². The van der Waals surface area contributed by atoms with Gasteiger partial charge >= 0.3 is 0 Å². The maximum Gasteiger partial charge on any atom is 0.0349 e. The third kappa shape index (κ3) is 5.26. The summed E-state index contributed by atoms with van der Waals surface area (Å²) in [4.78, 5) is 0. The Kier molecular flexibility index (Phi) is 7.23. The van der Waals surface area contributed by atoms with Gasteiger partial charge < -0.3 is 5.73 Å². The molecule has 150 valence electrons. The first-order valence-electron chi connectivity index (χ1n) is 9.98. The molecule has 0 aliphatic heterocycles. The highest BCUT2D eigenvalue weighted by Crippen LogP contribution is 2.30. The molecule has 0 aliphatic carbocycles. The van der Waals surface area contributed by atoms with Gasteiger partial charge in [-0.15, -0.1) is 0 Å². The Morgan fingerprint density at radius 2 is 1.55 bits per heavy atom. The van der Waals surface area contributed by atoms with E-state index in [4.69, 9.17) is 5.73 Å². The van der Waals surface area contributed by atoms with Gasteiger partial charge in [-0.25, -0.2) is 0 Å². The van der Waals surface area contributed by atoms with Crippen LogP contribution in [-0.2, 0) is 0 Å². The second-order valence-electron chi connectivity index (χ2n) is 7.83. The van der Waals surface area contributed by atoms with E-state index >= 15 is 0 Å². The van der Waals surface area contributed by atoms with Crippen LogP contribution in [-0.4, -0.2) is 0 Å². The summed E-state index contributed by atoms with van der Waals surface area (Å²) < 4.78 is 0. The molecule has 0 aliphatic rings. The zero-order chi connectivity index (χ0) is 21.7.